The van der Waals surface area contributed by atoms with Crippen LogP contribution >= 0.6 is 11.3 Å². The van der Waals surface area contributed by atoms with E-state index in [4.69, 9.17) is 38.7 Å². The molecule has 9 aromatic heterocycles. The molecule has 0 N–H and O–H groups in total. The van der Waals surface area contributed by atoms with Crippen molar-refractivity contribution in [3.8, 4) is 118 Å². The van der Waals surface area contributed by atoms with Crippen molar-refractivity contribution in [2.45, 2.75) is 0 Å². The Morgan fingerprint density at radius 3 is 0.937 bits per heavy atom. The highest BCUT2D eigenvalue weighted by atomic mass is 32.1. The predicted molar refractivity (Wildman–Crippen MR) is 589 cm³/mol. The molecule has 660 valence electrons. The monoisotopic (exact) mass is 1830 g/mol. The van der Waals surface area contributed by atoms with Crippen LogP contribution in [0, 0.1) is 0 Å². The summed E-state index contributed by atoms with van der Waals surface area (Å²) in [5.74, 6) is 1.91. The van der Waals surface area contributed by atoms with Crippen molar-refractivity contribution in [3.63, 3.8) is 0 Å². The average Bonchev–Trinajstić information content (AvgIpc) is 1.56. The van der Waals surface area contributed by atoms with Crippen LogP contribution in [0.5, 0.6) is 0 Å². The van der Waals surface area contributed by atoms with Gasteiger partial charge in [0.2, 0.25) is 17.8 Å². The standard InChI is InChI=1S/C44H27N3O.C44H27N3S.C42H23N3O/c2*1-3-13-28(14-4-1)32-23-33(29-15-5-2-6-16-29)25-34(24-32)41-43-42(36-20-10-12-22-40(36)48-43)46-44(45-41)47-38-21-11-9-19-35(38)37-26-30-17-7-8-18-31(30)27-39(37)47;1-2-11-25-23-36-34(22-24(25)10-1)28-14-5-7-18-35(28)45(36)42-43-39(41-40(44-42)33-15-6-8-19-37(33)46-41)32-21-20-31-27-13-4-3-12-26(27)29-16-9-17-30(32)38(29)31/h2*1-27H;1-23H. The van der Waals surface area contributed by atoms with E-state index < -0.39 is 0 Å². The fourth-order valence-electron chi connectivity index (χ4n) is 22.0. The molecule has 0 saturated heterocycles. The Kier molecular flexibility index (Phi) is 18.3. The van der Waals surface area contributed by atoms with Gasteiger partial charge in [0.05, 0.1) is 49.0 Å². The zero-order chi connectivity index (χ0) is 93.1. The summed E-state index contributed by atoms with van der Waals surface area (Å²) in [5.41, 5.74) is 31.8. The number of benzene rings is 21. The minimum atomic E-state index is 0.608. The molecule has 0 atom stereocenters. The highest BCUT2D eigenvalue weighted by Gasteiger charge is 2.30. The van der Waals surface area contributed by atoms with Gasteiger partial charge in [0.25, 0.3) is 0 Å². The van der Waals surface area contributed by atoms with Crippen molar-refractivity contribution in [2.24, 2.45) is 0 Å². The summed E-state index contributed by atoms with van der Waals surface area (Å²) in [5, 5.41) is 19.8. The van der Waals surface area contributed by atoms with Gasteiger partial charge >= 0.3 is 0 Å². The molecule has 1 aliphatic carbocycles. The van der Waals surface area contributed by atoms with Gasteiger partial charge in [-0.1, -0.05) is 346 Å². The minimum Gasteiger partial charge on any atom is -0.452 e. The van der Waals surface area contributed by atoms with Crippen molar-refractivity contribution < 1.29 is 8.83 Å². The molecule has 0 radical (unpaired) electrons. The Morgan fingerprint density at radius 2 is 0.493 bits per heavy atom. The van der Waals surface area contributed by atoms with E-state index in [1.54, 1.807) is 11.3 Å². The SMILES string of the molecule is c1ccc(-c2cc(-c3ccccc3)cc(-c3nc(-n4c5ccccc5c5cc6ccccc6cc54)nc4c3oc3ccccc34)c2)cc1.c1ccc(-c2cc(-c3ccccc3)cc(-c3nc(-n4c5ccccc5c5cc6ccccc6cc54)nc4c3sc3ccccc34)c2)cc1.c1ccc2c(c1)-c1cccc3c(-c4nc(-n5c6ccccc6c6cc7ccccc7cc65)nc5c4oc4ccccc45)ccc-2c13. The van der Waals surface area contributed by atoms with Gasteiger partial charge in [0.15, 0.2) is 11.2 Å². The fraction of sp³-hybridized carbons (Fsp3) is 0. The lowest BCUT2D eigenvalue weighted by molar-refractivity contribution is 0.666. The summed E-state index contributed by atoms with van der Waals surface area (Å²) >= 11 is 1.77. The molecule has 9 heterocycles. The number of hydrogen-bond donors (Lipinski definition) is 0. The van der Waals surface area contributed by atoms with Crippen LogP contribution in [-0.2, 0) is 0 Å². The van der Waals surface area contributed by atoms with Crippen molar-refractivity contribution in [2.75, 3.05) is 0 Å². The Hall–Kier alpha value is -18.9. The smallest absolute Gasteiger partial charge is 0.236 e. The maximum atomic E-state index is 6.60. The molecule has 1 aliphatic rings. The second-order valence-electron chi connectivity index (χ2n) is 36.6. The summed E-state index contributed by atoms with van der Waals surface area (Å²) < 4.78 is 22.2. The lowest BCUT2D eigenvalue weighted by Crippen LogP contribution is -2.03. The van der Waals surface area contributed by atoms with E-state index in [9.17, 15) is 0 Å². The Morgan fingerprint density at radius 1 is 0.183 bits per heavy atom. The summed E-state index contributed by atoms with van der Waals surface area (Å²) in [4.78, 5) is 32.3. The van der Waals surface area contributed by atoms with Gasteiger partial charge in [-0.2, -0.15) is 0 Å². The lowest BCUT2D eigenvalue weighted by Gasteiger charge is -2.13. The summed E-state index contributed by atoms with van der Waals surface area (Å²) in [6.45, 7) is 0. The zero-order valence-corrected chi connectivity index (χ0v) is 77.0. The second-order valence-corrected chi connectivity index (χ2v) is 37.7. The van der Waals surface area contributed by atoms with Crippen LogP contribution in [0.4, 0.5) is 0 Å². The normalized spacial score (nSPS) is 11.9. The number of aromatic nitrogens is 9. The van der Waals surface area contributed by atoms with Crippen LogP contribution in [0.2, 0.25) is 0 Å². The predicted octanol–water partition coefficient (Wildman–Crippen LogP) is 34.8. The maximum Gasteiger partial charge on any atom is 0.236 e. The molecule has 142 heavy (non-hydrogen) atoms. The largest absolute Gasteiger partial charge is 0.452 e. The van der Waals surface area contributed by atoms with Crippen LogP contribution in [-0.4, -0.2) is 43.6 Å². The van der Waals surface area contributed by atoms with Gasteiger partial charge in [0, 0.05) is 69.9 Å². The molecule has 0 saturated carbocycles. The molecule has 0 unspecified atom stereocenters. The Bertz CT molecular complexity index is 9940. The highest BCUT2D eigenvalue weighted by Crippen LogP contribution is 2.52. The summed E-state index contributed by atoms with van der Waals surface area (Å²) in [6, 6.07) is 165. The van der Waals surface area contributed by atoms with Crippen LogP contribution in [0.1, 0.15) is 0 Å². The molecule has 30 aromatic rings. The Balaban J connectivity index is 0.000000102. The van der Waals surface area contributed by atoms with E-state index in [-0.39, 0.29) is 0 Å². The van der Waals surface area contributed by atoms with E-state index in [2.05, 4.69) is 444 Å². The van der Waals surface area contributed by atoms with Gasteiger partial charge in [-0.25, -0.2) is 29.9 Å². The van der Waals surface area contributed by atoms with E-state index in [1.165, 1.54) is 103 Å². The molecule has 0 fully saturated rings. The van der Waals surface area contributed by atoms with E-state index in [0.29, 0.717) is 29.0 Å². The van der Waals surface area contributed by atoms with Crippen molar-refractivity contribution in [3.05, 3.63) is 467 Å². The van der Waals surface area contributed by atoms with Crippen molar-refractivity contribution >= 4 is 184 Å². The van der Waals surface area contributed by atoms with Gasteiger partial charge in [-0.05, 0) is 231 Å². The molecular weight excluding hydrogens is 1750 g/mol. The summed E-state index contributed by atoms with van der Waals surface area (Å²) in [6.07, 6.45) is 0. The molecule has 12 heteroatoms. The molecule has 11 nitrogen and oxygen atoms in total. The lowest BCUT2D eigenvalue weighted by atomic mass is 9.95. The van der Waals surface area contributed by atoms with Gasteiger partial charge in [-0.3, -0.25) is 13.7 Å². The molecule has 0 bridgehead atoms. The first-order chi connectivity index (χ1) is 70.4. The number of thiophene rings is 1. The van der Waals surface area contributed by atoms with Crippen LogP contribution in [0.25, 0.3) is 291 Å². The number of nitrogens with zero attached hydrogens (tertiary/aromatic N) is 9. The first kappa shape index (κ1) is 80.4. The number of hydrogen-bond acceptors (Lipinski definition) is 9. The molecule has 31 rings (SSSR count). The van der Waals surface area contributed by atoms with Gasteiger partial charge in [0.1, 0.15) is 33.6 Å². The van der Waals surface area contributed by atoms with E-state index >= 15 is 0 Å². The quantitative estimate of drug-likeness (QED) is 0.133. The minimum absolute atomic E-state index is 0.608. The fourth-order valence-corrected chi connectivity index (χ4v) is 23.1. The van der Waals surface area contributed by atoms with Crippen LogP contribution in [0.15, 0.2) is 476 Å². The van der Waals surface area contributed by atoms with Crippen LogP contribution < -0.4 is 0 Å². The number of furan rings is 2. The van der Waals surface area contributed by atoms with E-state index in [1.807, 2.05) is 36.4 Å². The number of rotatable bonds is 10. The van der Waals surface area contributed by atoms with Crippen molar-refractivity contribution in [1.82, 2.24) is 43.6 Å². The molecule has 21 aromatic carbocycles. The van der Waals surface area contributed by atoms with Gasteiger partial charge < -0.3 is 8.83 Å². The van der Waals surface area contributed by atoms with Crippen molar-refractivity contribution in [1.29, 1.82) is 0 Å². The molecule has 0 aliphatic heterocycles. The maximum absolute atomic E-state index is 6.60. The summed E-state index contributed by atoms with van der Waals surface area (Å²) in [7, 11) is 0. The number of para-hydroxylation sites is 5. The Labute approximate surface area is 816 Å². The second kappa shape index (κ2) is 32.4. The third-order valence-corrected chi connectivity index (χ3v) is 29.7. The third kappa shape index (κ3) is 13.0. The molecular formula is C130H77N9O2S. The first-order valence-electron chi connectivity index (χ1n) is 47.9. The zero-order valence-electron chi connectivity index (χ0n) is 76.2. The van der Waals surface area contributed by atoms with E-state index in [0.717, 1.165) is 160 Å². The average molecular weight is 1830 g/mol. The van der Waals surface area contributed by atoms with Gasteiger partial charge in [-0.15, -0.1) is 11.3 Å². The molecule has 0 amide bonds. The first-order valence-corrected chi connectivity index (χ1v) is 48.7. The highest BCUT2D eigenvalue weighted by molar-refractivity contribution is 7.26. The number of fused-ring (bicyclic) bond motifs is 24. The molecule has 0 spiro atoms. The third-order valence-electron chi connectivity index (χ3n) is 28.5. The van der Waals surface area contributed by atoms with Crippen LogP contribution in [0.3, 0.4) is 0 Å². The topological polar surface area (TPSA) is 118 Å².